The van der Waals surface area contributed by atoms with Gasteiger partial charge >= 0.3 is 6.09 Å². The molecule has 1 aromatic rings. The Morgan fingerprint density at radius 1 is 1.39 bits per heavy atom. The van der Waals surface area contributed by atoms with Crippen LogP contribution in [0.4, 0.5) is 4.79 Å². The third kappa shape index (κ3) is 2.83. The van der Waals surface area contributed by atoms with E-state index in [4.69, 9.17) is 5.11 Å². The van der Waals surface area contributed by atoms with Crippen LogP contribution in [0.2, 0.25) is 0 Å². The highest BCUT2D eigenvalue weighted by atomic mass is 16.4. The Labute approximate surface area is 107 Å². The lowest BCUT2D eigenvalue weighted by Gasteiger charge is -2.34. The molecule has 0 saturated carbocycles. The monoisotopic (exact) mass is 246 g/mol. The second-order valence-electron chi connectivity index (χ2n) is 4.45. The van der Waals surface area contributed by atoms with Crippen LogP contribution >= 0.6 is 0 Å². The number of carbonyl (C=O) groups is 1. The number of amides is 1. The zero-order valence-corrected chi connectivity index (χ0v) is 10.5. The number of hydrogen-bond donors (Lipinski definition) is 1. The maximum Gasteiger partial charge on any atom is 0.412 e. The van der Waals surface area contributed by atoms with E-state index in [1.807, 2.05) is 24.3 Å². The second-order valence-corrected chi connectivity index (χ2v) is 4.45. The lowest BCUT2D eigenvalue weighted by atomic mass is 10.1. The molecular formula is C14H18N2O2. The summed E-state index contributed by atoms with van der Waals surface area (Å²) < 4.78 is 0. The molecule has 0 atom stereocenters. The van der Waals surface area contributed by atoms with Gasteiger partial charge in [0.2, 0.25) is 0 Å². The van der Waals surface area contributed by atoms with E-state index in [9.17, 15) is 4.79 Å². The summed E-state index contributed by atoms with van der Waals surface area (Å²) in [5, 5.41) is 9.08. The predicted molar refractivity (Wildman–Crippen MR) is 70.0 cm³/mol. The number of nitrogens with zero attached hydrogens (tertiary/aromatic N) is 2. The Kier molecular flexibility index (Phi) is 3.87. The van der Waals surface area contributed by atoms with Gasteiger partial charge in [-0.25, -0.2) is 4.79 Å². The van der Waals surface area contributed by atoms with Crippen LogP contribution in [0.1, 0.15) is 18.4 Å². The van der Waals surface area contributed by atoms with E-state index in [0.717, 1.165) is 31.8 Å². The normalized spacial score (nSPS) is 15.2. The van der Waals surface area contributed by atoms with Crippen molar-refractivity contribution in [3.8, 4) is 0 Å². The van der Waals surface area contributed by atoms with Crippen LogP contribution < -0.4 is 0 Å². The van der Waals surface area contributed by atoms with E-state index in [1.165, 1.54) is 10.5 Å². The van der Waals surface area contributed by atoms with Gasteiger partial charge in [-0.05, 0) is 24.5 Å². The van der Waals surface area contributed by atoms with Gasteiger partial charge in [-0.2, -0.15) is 0 Å². The summed E-state index contributed by atoms with van der Waals surface area (Å²) in [6.07, 6.45) is 3.10. The highest BCUT2D eigenvalue weighted by Crippen LogP contribution is 2.20. The number of carboxylic acid groups (broad SMARTS) is 1. The van der Waals surface area contributed by atoms with Crippen LogP contribution in [-0.4, -0.2) is 34.6 Å². The van der Waals surface area contributed by atoms with E-state index in [-0.39, 0.29) is 0 Å². The molecule has 1 N–H and O–H groups in total. The van der Waals surface area contributed by atoms with Gasteiger partial charge in [-0.15, -0.1) is 0 Å². The molecule has 1 heterocycles. The van der Waals surface area contributed by atoms with Gasteiger partial charge in [0.15, 0.2) is 0 Å². The molecule has 18 heavy (non-hydrogen) atoms. The van der Waals surface area contributed by atoms with Gasteiger partial charge in [-0.1, -0.05) is 30.3 Å². The number of hydrogen-bond acceptors (Lipinski definition) is 2. The first-order valence-corrected chi connectivity index (χ1v) is 6.14. The Balaban J connectivity index is 2.13. The second kappa shape index (κ2) is 5.58. The molecule has 0 fully saturated rings. The van der Waals surface area contributed by atoms with E-state index >= 15 is 0 Å². The maximum atomic E-state index is 11.1. The zero-order chi connectivity index (χ0) is 13.0. The van der Waals surface area contributed by atoms with Gasteiger partial charge in [0.25, 0.3) is 0 Å². The summed E-state index contributed by atoms with van der Waals surface area (Å²) >= 11 is 0. The van der Waals surface area contributed by atoms with Crippen LogP contribution in [0, 0.1) is 0 Å². The van der Waals surface area contributed by atoms with Crippen LogP contribution in [0.5, 0.6) is 0 Å². The Morgan fingerprint density at radius 2 is 2.11 bits per heavy atom. The molecule has 0 radical (unpaired) electrons. The van der Waals surface area contributed by atoms with Crippen LogP contribution in [-0.2, 0) is 6.54 Å². The quantitative estimate of drug-likeness (QED) is 0.891. The molecule has 0 unspecified atom stereocenters. The molecule has 1 aromatic carbocycles. The van der Waals surface area contributed by atoms with E-state index in [2.05, 4.69) is 17.0 Å². The molecular weight excluding hydrogens is 228 g/mol. The Morgan fingerprint density at radius 3 is 2.78 bits per heavy atom. The molecule has 96 valence electrons. The van der Waals surface area contributed by atoms with Crippen molar-refractivity contribution in [1.29, 1.82) is 0 Å². The number of allylic oxidation sites excluding steroid dienone is 1. The van der Waals surface area contributed by atoms with Gasteiger partial charge in [0.1, 0.15) is 5.82 Å². The zero-order valence-electron chi connectivity index (χ0n) is 10.5. The predicted octanol–water partition coefficient (Wildman–Crippen LogP) is 2.73. The van der Waals surface area contributed by atoms with Gasteiger partial charge in [0, 0.05) is 20.1 Å². The van der Waals surface area contributed by atoms with Crippen LogP contribution in [0.3, 0.4) is 0 Å². The highest BCUT2D eigenvalue weighted by Gasteiger charge is 2.20. The van der Waals surface area contributed by atoms with Crippen LogP contribution in [0.25, 0.3) is 0 Å². The maximum absolute atomic E-state index is 11.1. The summed E-state index contributed by atoms with van der Waals surface area (Å²) in [6, 6.07) is 10.1. The minimum absolute atomic E-state index is 0.754. The smallest absolute Gasteiger partial charge is 0.412 e. The van der Waals surface area contributed by atoms with Crippen molar-refractivity contribution in [2.45, 2.75) is 19.4 Å². The molecule has 1 aliphatic rings. The third-order valence-corrected chi connectivity index (χ3v) is 3.13. The fourth-order valence-electron chi connectivity index (χ4n) is 2.17. The van der Waals surface area contributed by atoms with Crippen LogP contribution in [0.15, 0.2) is 42.2 Å². The molecule has 0 spiro atoms. The minimum atomic E-state index is -0.916. The molecule has 4 nitrogen and oxygen atoms in total. The summed E-state index contributed by atoms with van der Waals surface area (Å²) in [6.45, 7) is 1.66. The largest absolute Gasteiger partial charge is 0.465 e. The van der Waals surface area contributed by atoms with Crippen molar-refractivity contribution in [2.24, 2.45) is 0 Å². The average Bonchev–Trinajstić information content (AvgIpc) is 2.39. The van der Waals surface area contributed by atoms with Gasteiger partial charge in [0.05, 0.1) is 0 Å². The summed E-state index contributed by atoms with van der Waals surface area (Å²) in [7, 11) is 1.59. The Bertz CT molecular complexity index is 442. The molecule has 0 aromatic heterocycles. The molecule has 0 saturated heterocycles. The molecule has 4 heteroatoms. The summed E-state index contributed by atoms with van der Waals surface area (Å²) in [5.41, 5.74) is 1.20. The average molecular weight is 246 g/mol. The summed E-state index contributed by atoms with van der Waals surface area (Å²) in [5.74, 6) is 0.789. The fourth-order valence-corrected chi connectivity index (χ4v) is 2.17. The summed E-state index contributed by atoms with van der Waals surface area (Å²) in [4.78, 5) is 14.5. The first kappa shape index (κ1) is 12.5. The first-order chi connectivity index (χ1) is 8.68. The minimum Gasteiger partial charge on any atom is -0.465 e. The van der Waals surface area contributed by atoms with E-state index in [1.54, 1.807) is 7.05 Å². The lowest BCUT2D eigenvalue weighted by molar-refractivity contribution is 0.144. The molecule has 1 amide bonds. The van der Waals surface area contributed by atoms with Crippen molar-refractivity contribution in [2.75, 3.05) is 13.6 Å². The van der Waals surface area contributed by atoms with Gasteiger partial charge in [-0.3, -0.25) is 4.90 Å². The number of rotatable bonds is 3. The highest BCUT2D eigenvalue weighted by molar-refractivity contribution is 5.66. The van der Waals surface area contributed by atoms with Crippen molar-refractivity contribution in [3.05, 3.63) is 47.8 Å². The molecule has 1 aliphatic heterocycles. The lowest BCUT2D eigenvalue weighted by Crippen LogP contribution is -2.38. The Hall–Kier alpha value is -1.97. The SMILES string of the molecule is CN(C(=O)O)C1=CCCCN1Cc1ccccc1. The molecule has 0 bridgehead atoms. The van der Waals surface area contributed by atoms with E-state index in [0.29, 0.717) is 0 Å². The van der Waals surface area contributed by atoms with Crippen molar-refractivity contribution >= 4 is 6.09 Å². The third-order valence-electron chi connectivity index (χ3n) is 3.13. The van der Waals surface area contributed by atoms with E-state index < -0.39 is 6.09 Å². The topological polar surface area (TPSA) is 43.8 Å². The fraction of sp³-hybridized carbons (Fsp3) is 0.357. The molecule has 2 rings (SSSR count). The van der Waals surface area contributed by atoms with Crippen molar-refractivity contribution in [1.82, 2.24) is 9.80 Å². The van der Waals surface area contributed by atoms with Crippen molar-refractivity contribution < 1.29 is 9.90 Å². The van der Waals surface area contributed by atoms with Crippen molar-refractivity contribution in [3.63, 3.8) is 0 Å². The standard InChI is InChI=1S/C14H18N2O2/c1-15(14(17)18)13-9-5-6-10-16(13)11-12-7-3-2-4-8-12/h2-4,7-9H,5-6,10-11H2,1H3,(H,17,18). The molecule has 0 aliphatic carbocycles. The van der Waals surface area contributed by atoms with Gasteiger partial charge < -0.3 is 10.0 Å². The number of benzene rings is 1. The first-order valence-electron chi connectivity index (χ1n) is 6.14.